The molecule has 104 valence electrons. The molecule has 0 saturated carbocycles. The van der Waals surface area contributed by atoms with E-state index in [0.717, 1.165) is 43.2 Å². The molecular weight excluding hydrogens is 254 g/mol. The van der Waals surface area contributed by atoms with Gasteiger partial charge in [0, 0.05) is 29.7 Å². The second kappa shape index (κ2) is 5.45. The highest BCUT2D eigenvalue weighted by Gasteiger charge is 2.13. The first-order valence-electron chi connectivity index (χ1n) is 6.77. The minimum Gasteiger partial charge on any atom is -0.491 e. The Kier molecular flexibility index (Phi) is 3.50. The van der Waals surface area contributed by atoms with Gasteiger partial charge in [0.15, 0.2) is 0 Å². The number of pyridine rings is 1. The van der Waals surface area contributed by atoms with E-state index in [4.69, 9.17) is 9.47 Å². The topological polar surface area (TPSA) is 57.1 Å². The average molecular weight is 271 g/mol. The summed E-state index contributed by atoms with van der Waals surface area (Å²) < 4.78 is 10.5. The van der Waals surface area contributed by atoms with E-state index in [1.165, 1.54) is 11.1 Å². The van der Waals surface area contributed by atoms with E-state index in [-0.39, 0.29) is 0 Å². The molecule has 2 aromatic rings. The second-order valence-electron chi connectivity index (χ2n) is 4.95. The van der Waals surface area contributed by atoms with Gasteiger partial charge >= 0.3 is 0 Å². The lowest BCUT2D eigenvalue weighted by atomic mass is 10.2. The lowest BCUT2D eigenvalue weighted by Gasteiger charge is -1.96. The predicted molar refractivity (Wildman–Crippen MR) is 74.1 cm³/mol. The molecule has 0 atom stereocenters. The first kappa shape index (κ1) is 12.8. The van der Waals surface area contributed by atoms with Crippen molar-refractivity contribution in [1.29, 1.82) is 0 Å². The molecule has 0 radical (unpaired) electrons. The summed E-state index contributed by atoms with van der Waals surface area (Å²) in [5.74, 6) is 1.68. The van der Waals surface area contributed by atoms with Gasteiger partial charge in [-0.25, -0.2) is 0 Å². The molecular formula is C15H17N3O2. The van der Waals surface area contributed by atoms with Crippen molar-refractivity contribution in [2.75, 3.05) is 13.2 Å². The van der Waals surface area contributed by atoms with E-state index in [2.05, 4.69) is 21.2 Å². The largest absolute Gasteiger partial charge is 0.491 e. The van der Waals surface area contributed by atoms with Crippen LogP contribution in [0.15, 0.2) is 18.3 Å². The zero-order chi connectivity index (χ0) is 13.9. The van der Waals surface area contributed by atoms with Crippen LogP contribution in [0, 0.1) is 13.8 Å². The minimum atomic E-state index is 0.714. The molecule has 0 fully saturated rings. The van der Waals surface area contributed by atoms with Crippen LogP contribution in [0.5, 0.6) is 11.6 Å². The second-order valence-corrected chi connectivity index (χ2v) is 4.95. The highest BCUT2D eigenvalue weighted by Crippen LogP contribution is 2.23. The standard InChI is InChI=1S/C8H9NO.C7H8N2O/c1-6-4-7-2-3-10-8(7)5-9-6;1-5-4-6-2-3-10-7(6)9-8-5/h4-5H,2-3H2,1H3;4H,2-3H2,1H3. The van der Waals surface area contributed by atoms with Crippen molar-refractivity contribution in [3.8, 4) is 11.6 Å². The van der Waals surface area contributed by atoms with Crippen molar-refractivity contribution in [3.05, 3.63) is 40.8 Å². The molecule has 0 aliphatic carbocycles. The van der Waals surface area contributed by atoms with E-state index in [9.17, 15) is 0 Å². The Hall–Kier alpha value is -2.17. The molecule has 0 aromatic carbocycles. The summed E-state index contributed by atoms with van der Waals surface area (Å²) in [5.41, 5.74) is 4.52. The van der Waals surface area contributed by atoms with E-state index in [1.54, 1.807) is 6.20 Å². The lowest BCUT2D eigenvalue weighted by molar-refractivity contribution is 0.341. The molecule has 2 aliphatic heterocycles. The maximum absolute atomic E-state index is 5.29. The number of hydrogen-bond donors (Lipinski definition) is 0. The van der Waals surface area contributed by atoms with E-state index in [0.29, 0.717) is 5.88 Å². The number of rotatable bonds is 0. The van der Waals surface area contributed by atoms with Crippen molar-refractivity contribution in [2.24, 2.45) is 0 Å². The Morgan fingerprint density at radius 3 is 2.55 bits per heavy atom. The fraction of sp³-hybridized carbons (Fsp3) is 0.400. The Morgan fingerprint density at radius 2 is 1.65 bits per heavy atom. The molecule has 20 heavy (non-hydrogen) atoms. The molecule has 2 aromatic heterocycles. The summed E-state index contributed by atoms with van der Waals surface area (Å²) in [4.78, 5) is 4.13. The van der Waals surface area contributed by atoms with Gasteiger partial charge < -0.3 is 9.47 Å². The first-order chi connectivity index (χ1) is 9.72. The quantitative estimate of drug-likeness (QED) is 0.734. The molecule has 2 aliphatic rings. The minimum absolute atomic E-state index is 0.714. The summed E-state index contributed by atoms with van der Waals surface area (Å²) >= 11 is 0. The Labute approximate surface area is 118 Å². The number of aryl methyl sites for hydroxylation is 2. The molecule has 0 saturated heterocycles. The monoisotopic (exact) mass is 271 g/mol. The van der Waals surface area contributed by atoms with Crippen LogP contribution in [0.4, 0.5) is 0 Å². The molecule has 5 heteroatoms. The third-order valence-corrected chi connectivity index (χ3v) is 3.28. The lowest BCUT2D eigenvalue weighted by Crippen LogP contribution is -1.90. The normalized spacial score (nSPS) is 14.5. The maximum atomic E-state index is 5.29. The Balaban J connectivity index is 0.000000121. The third kappa shape index (κ3) is 2.71. The summed E-state index contributed by atoms with van der Waals surface area (Å²) in [7, 11) is 0. The van der Waals surface area contributed by atoms with Crippen LogP contribution in [0.2, 0.25) is 0 Å². The number of hydrogen-bond acceptors (Lipinski definition) is 5. The van der Waals surface area contributed by atoms with Crippen LogP contribution in [0.3, 0.4) is 0 Å². The van der Waals surface area contributed by atoms with Crippen LogP contribution < -0.4 is 9.47 Å². The van der Waals surface area contributed by atoms with Crippen molar-refractivity contribution in [2.45, 2.75) is 26.7 Å². The summed E-state index contributed by atoms with van der Waals surface area (Å²) in [5, 5.41) is 7.76. The van der Waals surface area contributed by atoms with Crippen molar-refractivity contribution < 1.29 is 9.47 Å². The Morgan fingerprint density at radius 1 is 0.900 bits per heavy atom. The maximum Gasteiger partial charge on any atom is 0.236 e. The van der Waals surface area contributed by atoms with Gasteiger partial charge in [0.2, 0.25) is 5.88 Å². The fourth-order valence-corrected chi connectivity index (χ4v) is 2.29. The van der Waals surface area contributed by atoms with Crippen LogP contribution in [-0.4, -0.2) is 28.4 Å². The summed E-state index contributed by atoms with van der Waals surface area (Å²) in [6.45, 7) is 5.51. The molecule has 0 unspecified atom stereocenters. The van der Waals surface area contributed by atoms with E-state index < -0.39 is 0 Å². The first-order valence-corrected chi connectivity index (χ1v) is 6.77. The fourth-order valence-electron chi connectivity index (χ4n) is 2.29. The van der Waals surface area contributed by atoms with Crippen LogP contribution in [0.1, 0.15) is 22.5 Å². The summed E-state index contributed by atoms with van der Waals surface area (Å²) in [6, 6.07) is 4.11. The number of fused-ring (bicyclic) bond motifs is 2. The zero-order valence-corrected chi connectivity index (χ0v) is 11.7. The zero-order valence-electron chi connectivity index (χ0n) is 11.7. The van der Waals surface area contributed by atoms with Gasteiger partial charge in [0.25, 0.3) is 0 Å². The Bertz CT molecular complexity index is 573. The van der Waals surface area contributed by atoms with Gasteiger partial charge in [-0.2, -0.15) is 5.10 Å². The third-order valence-electron chi connectivity index (χ3n) is 3.28. The molecule has 4 heterocycles. The SMILES string of the molecule is Cc1cc2c(cn1)OCC2.Cc1cc2c(nn1)OCC2. The van der Waals surface area contributed by atoms with Gasteiger partial charge in [-0.1, -0.05) is 0 Å². The predicted octanol–water partition coefficient (Wildman–Crippen LogP) is 2.04. The van der Waals surface area contributed by atoms with Crippen molar-refractivity contribution in [1.82, 2.24) is 15.2 Å². The molecule has 0 amide bonds. The molecule has 4 rings (SSSR count). The summed E-state index contributed by atoms with van der Waals surface area (Å²) in [6.07, 6.45) is 3.82. The smallest absolute Gasteiger partial charge is 0.236 e. The highest BCUT2D eigenvalue weighted by atomic mass is 16.5. The molecule has 0 spiro atoms. The van der Waals surface area contributed by atoms with Gasteiger partial charge in [-0.15, -0.1) is 5.10 Å². The molecule has 5 nitrogen and oxygen atoms in total. The molecule has 0 bridgehead atoms. The van der Waals surface area contributed by atoms with E-state index in [1.807, 2.05) is 19.9 Å². The van der Waals surface area contributed by atoms with Gasteiger partial charge in [0.05, 0.1) is 25.1 Å². The van der Waals surface area contributed by atoms with Crippen molar-refractivity contribution >= 4 is 0 Å². The van der Waals surface area contributed by atoms with Crippen molar-refractivity contribution in [3.63, 3.8) is 0 Å². The van der Waals surface area contributed by atoms with Crippen LogP contribution in [0.25, 0.3) is 0 Å². The van der Waals surface area contributed by atoms with Gasteiger partial charge in [-0.05, 0) is 26.0 Å². The highest BCUT2D eigenvalue weighted by molar-refractivity contribution is 5.35. The average Bonchev–Trinajstić information content (AvgIpc) is 3.06. The van der Waals surface area contributed by atoms with Gasteiger partial charge in [0.1, 0.15) is 5.75 Å². The number of ether oxygens (including phenoxy) is 2. The number of aromatic nitrogens is 3. The molecule has 0 N–H and O–H groups in total. The van der Waals surface area contributed by atoms with Crippen LogP contribution >= 0.6 is 0 Å². The van der Waals surface area contributed by atoms with E-state index >= 15 is 0 Å². The number of nitrogens with zero attached hydrogens (tertiary/aromatic N) is 3. The van der Waals surface area contributed by atoms with Gasteiger partial charge in [-0.3, -0.25) is 4.98 Å². The van der Waals surface area contributed by atoms with Crippen LogP contribution in [-0.2, 0) is 12.8 Å².